The molecule has 0 radical (unpaired) electrons. The van der Waals surface area contributed by atoms with E-state index in [0.717, 1.165) is 28.8 Å². The maximum absolute atomic E-state index is 11.3. The zero-order chi connectivity index (χ0) is 16.1. The second kappa shape index (κ2) is 8.59. The number of thiophene rings is 1. The van der Waals surface area contributed by atoms with Crippen molar-refractivity contribution in [2.45, 2.75) is 6.54 Å². The van der Waals surface area contributed by atoms with Crippen molar-refractivity contribution in [3.05, 3.63) is 19.9 Å². The van der Waals surface area contributed by atoms with E-state index in [0.29, 0.717) is 18.1 Å². The molecule has 0 aliphatic rings. The fourth-order valence-corrected chi connectivity index (χ4v) is 7.26. The number of amides is 1. The first-order chi connectivity index (χ1) is 10.6. The van der Waals surface area contributed by atoms with Gasteiger partial charge >= 0.3 is 148 Å². The van der Waals surface area contributed by atoms with Crippen LogP contribution in [-0.2, 0) is 16.0 Å². The summed E-state index contributed by atoms with van der Waals surface area (Å²) in [4.78, 5) is 14.2. The van der Waals surface area contributed by atoms with E-state index in [1.807, 2.05) is 6.07 Å². The summed E-state index contributed by atoms with van der Waals surface area (Å²) >= 11 is 5.40. The molecule has 8 heteroatoms. The molecule has 122 valence electrons. The van der Waals surface area contributed by atoms with Crippen molar-refractivity contribution in [3.63, 3.8) is 0 Å². The van der Waals surface area contributed by atoms with Gasteiger partial charge in [-0.05, 0) is 0 Å². The first kappa shape index (κ1) is 18.1. The van der Waals surface area contributed by atoms with Gasteiger partial charge in [0.05, 0.1) is 0 Å². The second-order valence-electron chi connectivity index (χ2n) is 4.77. The number of nitrogens with zero attached hydrogens (tertiary/aromatic N) is 1. The Bertz CT molecular complexity index is 635. The maximum atomic E-state index is 11.3. The average molecular weight is 454 g/mol. The monoisotopic (exact) mass is 454 g/mol. The van der Waals surface area contributed by atoms with Crippen molar-refractivity contribution in [1.29, 1.82) is 0 Å². The molecule has 2 aromatic rings. The van der Waals surface area contributed by atoms with Crippen LogP contribution >= 0.6 is 27.3 Å². The van der Waals surface area contributed by atoms with E-state index in [2.05, 4.69) is 20.8 Å². The van der Waals surface area contributed by atoms with Gasteiger partial charge in [0.1, 0.15) is 0 Å². The fourth-order valence-electron chi connectivity index (χ4n) is 2.04. The minimum absolute atomic E-state index is 0.233. The number of carbonyl (C=O) groups is 1. The van der Waals surface area contributed by atoms with Gasteiger partial charge in [0.15, 0.2) is 0 Å². The van der Waals surface area contributed by atoms with Gasteiger partial charge in [-0.1, -0.05) is 0 Å². The Morgan fingerprint density at radius 1 is 1.36 bits per heavy atom. The van der Waals surface area contributed by atoms with E-state index in [-0.39, 0.29) is 20.4 Å². The van der Waals surface area contributed by atoms with Crippen molar-refractivity contribution >= 4 is 56.6 Å². The van der Waals surface area contributed by atoms with Gasteiger partial charge in [-0.25, -0.2) is 0 Å². The van der Waals surface area contributed by atoms with E-state index in [1.165, 1.54) is 20.0 Å². The Balaban J connectivity index is 2.15. The molecule has 5 nitrogen and oxygen atoms in total. The number of primary amides is 1. The number of hydrogen-bond acceptors (Lipinski definition) is 5. The number of fused-ring (bicyclic) bond motifs is 1. The predicted octanol–water partition coefficient (Wildman–Crippen LogP) is 1.91. The number of halogens is 1. The van der Waals surface area contributed by atoms with Gasteiger partial charge in [-0.2, -0.15) is 0 Å². The Morgan fingerprint density at radius 2 is 2.00 bits per heavy atom. The van der Waals surface area contributed by atoms with E-state index >= 15 is 0 Å². The van der Waals surface area contributed by atoms with Crippen molar-refractivity contribution in [2.75, 3.05) is 40.5 Å². The molecule has 0 aromatic carbocycles. The van der Waals surface area contributed by atoms with Gasteiger partial charge < -0.3 is 0 Å². The van der Waals surface area contributed by atoms with Crippen LogP contribution in [0.15, 0.2) is 10.5 Å². The number of ether oxygens (including phenoxy) is 2. The third-order valence-electron chi connectivity index (χ3n) is 3.21. The average Bonchev–Trinajstić information content (AvgIpc) is 3.02. The van der Waals surface area contributed by atoms with Gasteiger partial charge in [-0.3, -0.25) is 0 Å². The van der Waals surface area contributed by atoms with Crippen molar-refractivity contribution in [3.8, 4) is 0 Å². The van der Waals surface area contributed by atoms with Crippen LogP contribution in [-0.4, -0.2) is 65.8 Å². The molecule has 0 saturated carbocycles. The van der Waals surface area contributed by atoms with Crippen LogP contribution in [0.2, 0.25) is 0 Å². The van der Waals surface area contributed by atoms with E-state index in [1.54, 1.807) is 14.2 Å². The Morgan fingerprint density at radius 3 is 2.50 bits per heavy atom. The number of methoxy groups -OCH3 is 2. The zero-order valence-corrected chi connectivity index (χ0v) is 16.7. The molecule has 0 atom stereocenters. The molecule has 0 saturated heterocycles. The first-order valence-corrected chi connectivity index (χ1v) is 10.1. The third-order valence-corrected chi connectivity index (χ3v) is 8.75. The van der Waals surface area contributed by atoms with Gasteiger partial charge in [0, 0.05) is 0 Å². The molecule has 0 bridgehead atoms. The molecule has 0 aliphatic heterocycles. The van der Waals surface area contributed by atoms with Crippen molar-refractivity contribution in [1.82, 2.24) is 4.90 Å². The molecule has 0 fully saturated rings. The molecular formula is C14H19BrN2O3SSe. The minimum atomic E-state index is -0.348. The summed E-state index contributed by atoms with van der Waals surface area (Å²) in [7, 11) is 3.43. The molecule has 2 rings (SSSR count). The zero-order valence-electron chi connectivity index (χ0n) is 12.6. The molecule has 2 heterocycles. The number of hydrogen-bond donors (Lipinski definition) is 1. The molecule has 0 aliphatic carbocycles. The van der Waals surface area contributed by atoms with Crippen LogP contribution in [0.3, 0.4) is 0 Å². The number of rotatable bonds is 9. The van der Waals surface area contributed by atoms with Crippen LogP contribution in [0.4, 0.5) is 0 Å². The van der Waals surface area contributed by atoms with Crippen LogP contribution in [0, 0.1) is 0 Å². The van der Waals surface area contributed by atoms with Gasteiger partial charge in [0.25, 0.3) is 0 Å². The van der Waals surface area contributed by atoms with Crippen LogP contribution in [0.5, 0.6) is 0 Å². The SMILES string of the molecule is COCCN(CCOC)Cc1[se]c2cc(C(N)=O)sc2c1Br. The summed E-state index contributed by atoms with van der Waals surface area (Å²) in [6.07, 6.45) is 0. The third kappa shape index (κ3) is 4.41. The van der Waals surface area contributed by atoms with E-state index in [9.17, 15) is 4.79 Å². The van der Waals surface area contributed by atoms with Gasteiger partial charge in [0.2, 0.25) is 0 Å². The van der Waals surface area contributed by atoms with Gasteiger partial charge in [-0.15, -0.1) is 0 Å². The molecule has 0 spiro atoms. The second-order valence-corrected chi connectivity index (χ2v) is 9.00. The van der Waals surface area contributed by atoms with Crippen LogP contribution < -0.4 is 5.73 Å². The van der Waals surface area contributed by atoms with E-state index in [4.69, 9.17) is 15.2 Å². The summed E-state index contributed by atoms with van der Waals surface area (Å²) in [5, 5.41) is 0. The Labute approximate surface area is 148 Å². The summed E-state index contributed by atoms with van der Waals surface area (Å²) in [5.74, 6) is -0.348. The quantitative estimate of drug-likeness (QED) is 0.589. The number of nitrogens with two attached hydrogens (primary N) is 1. The fraction of sp³-hybridized carbons (Fsp3) is 0.500. The molecule has 2 N–H and O–H groups in total. The molecule has 2 aromatic heterocycles. The molecule has 22 heavy (non-hydrogen) atoms. The van der Waals surface area contributed by atoms with Crippen LogP contribution in [0.1, 0.15) is 14.1 Å². The Hall–Kier alpha value is -0.211. The van der Waals surface area contributed by atoms with Crippen molar-refractivity contribution in [2.24, 2.45) is 5.73 Å². The predicted molar refractivity (Wildman–Crippen MR) is 94.0 cm³/mol. The normalized spacial score (nSPS) is 11.6. The summed E-state index contributed by atoms with van der Waals surface area (Å²) in [6, 6.07) is 1.94. The topological polar surface area (TPSA) is 64.8 Å². The Kier molecular flexibility index (Phi) is 7.08. The summed E-state index contributed by atoms with van der Waals surface area (Å²) in [6.45, 7) is 4.05. The van der Waals surface area contributed by atoms with E-state index < -0.39 is 0 Å². The molecule has 1 amide bonds. The molecular weight excluding hydrogens is 435 g/mol. The molecule has 0 unspecified atom stereocenters. The number of carbonyl (C=O) groups excluding carboxylic acids is 1. The van der Waals surface area contributed by atoms with Crippen LogP contribution in [0.25, 0.3) is 8.96 Å². The summed E-state index contributed by atoms with van der Waals surface area (Å²) in [5.41, 5.74) is 5.36. The first-order valence-electron chi connectivity index (χ1n) is 6.77. The standard InChI is InChI=1S/C14H19BrN2O3SSe/c1-19-5-3-17(4-6-20-2)8-11-12(15)13-10(22-11)7-9(21-13)14(16)18/h7H,3-6,8H2,1-2H3,(H2,16,18). The summed E-state index contributed by atoms with van der Waals surface area (Å²) < 4.78 is 15.3. The van der Waals surface area contributed by atoms with Crippen molar-refractivity contribution < 1.29 is 14.3 Å².